The predicted molar refractivity (Wildman–Crippen MR) is 48.9 cm³/mol. The van der Waals surface area contributed by atoms with Crippen LogP contribution in [0.2, 0.25) is 0 Å². The molecule has 1 heterocycles. The van der Waals surface area contributed by atoms with E-state index in [4.69, 9.17) is 0 Å². The number of aliphatic hydroxyl groups excluding tert-OH is 1. The summed E-state index contributed by atoms with van der Waals surface area (Å²) in [5.41, 5.74) is 1.11. The van der Waals surface area contributed by atoms with Crippen LogP contribution in [0.25, 0.3) is 0 Å². The monoisotopic (exact) mass is 170 g/mol. The number of rotatable bonds is 3. The van der Waals surface area contributed by atoms with Crippen LogP contribution >= 0.6 is 11.3 Å². The summed E-state index contributed by atoms with van der Waals surface area (Å²) in [6.07, 6.45) is 1.67. The van der Waals surface area contributed by atoms with E-state index in [1.54, 1.807) is 11.3 Å². The molecule has 11 heavy (non-hydrogen) atoms. The first-order valence-electron chi connectivity index (χ1n) is 3.97. The molecule has 0 radical (unpaired) electrons. The Hall–Kier alpha value is -0.340. The summed E-state index contributed by atoms with van der Waals surface area (Å²) in [5.74, 6) is 0. The summed E-state index contributed by atoms with van der Waals surface area (Å²) in [4.78, 5) is 1.24. The molecule has 0 aliphatic heterocycles. The van der Waals surface area contributed by atoms with E-state index in [2.05, 4.69) is 13.8 Å². The topological polar surface area (TPSA) is 20.2 Å². The van der Waals surface area contributed by atoms with Crippen LogP contribution in [0.1, 0.15) is 36.3 Å². The SMILES string of the molecule is CCCC(O)c1ccsc1C. The molecule has 0 aromatic carbocycles. The van der Waals surface area contributed by atoms with E-state index in [0.29, 0.717) is 0 Å². The number of aliphatic hydroxyl groups is 1. The minimum absolute atomic E-state index is 0.244. The number of aryl methyl sites for hydroxylation is 1. The first kappa shape index (κ1) is 8.75. The minimum Gasteiger partial charge on any atom is -0.388 e. The Kier molecular flexibility index (Phi) is 3.09. The van der Waals surface area contributed by atoms with Gasteiger partial charge in [-0.2, -0.15) is 0 Å². The second-order valence-electron chi connectivity index (χ2n) is 2.74. The van der Waals surface area contributed by atoms with E-state index in [1.165, 1.54) is 4.88 Å². The van der Waals surface area contributed by atoms with Crippen LogP contribution in [0.15, 0.2) is 11.4 Å². The molecule has 0 saturated carbocycles. The molecule has 1 aromatic heterocycles. The maximum atomic E-state index is 9.60. The molecule has 1 nitrogen and oxygen atoms in total. The van der Waals surface area contributed by atoms with Crippen LogP contribution in [0.3, 0.4) is 0 Å². The van der Waals surface area contributed by atoms with Crippen LogP contribution in [0.5, 0.6) is 0 Å². The van der Waals surface area contributed by atoms with Crippen molar-refractivity contribution in [3.63, 3.8) is 0 Å². The molecule has 0 aliphatic carbocycles. The quantitative estimate of drug-likeness (QED) is 0.739. The molecule has 1 aromatic rings. The fraction of sp³-hybridized carbons (Fsp3) is 0.556. The fourth-order valence-corrected chi connectivity index (χ4v) is 1.93. The Labute approximate surface area is 71.7 Å². The maximum Gasteiger partial charge on any atom is 0.0800 e. The van der Waals surface area contributed by atoms with Crippen molar-refractivity contribution >= 4 is 11.3 Å². The van der Waals surface area contributed by atoms with E-state index < -0.39 is 0 Å². The summed E-state index contributed by atoms with van der Waals surface area (Å²) in [6.45, 7) is 4.14. The van der Waals surface area contributed by atoms with Crippen LogP contribution in [-0.4, -0.2) is 5.11 Å². The van der Waals surface area contributed by atoms with Crippen molar-refractivity contribution in [2.75, 3.05) is 0 Å². The highest BCUT2D eigenvalue weighted by Gasteiger charge is 2.08. The van der Waals surface area contributed by atoms with Gasteiger partial charge in [-0.15, -0.1) is 11.3 Å². The number of hydrogen-bond donors (Lipinski definition) is 1. The maximum absolute atomic E-state index is 9.60. The Morgan fingerprint density at radius 3 is 2.82 bits per heavy atom. The summed E-state index contributed by atoms with van der Waals surface area (Å²) in [6, 6.07) is 2.01. The molecule has 0 saturated heterocycles. The average Bonchev–Trinajstić information content (AvgIpc) is 2.36. The lowest BCUT2D eigenvalue weighted by Crippen LogP contribution is -1.95. The molecule has 0 fully saturated rings. The van der Waals surface area contributed by atoms with Crippen molar-refractivity contribution in [2.45, 2.75) is 32.8 Å². The standard InChI is InChI=1S/C9H14OS/c1-3-4-9(10)8-5-6-11-7(8)2/h5-6,9-10H,3-4H2,1-2H3. The van der Waals surface area contributed by atoms with Crippen molar-refractivity contribution in [1.82, 2.24) is 0 Å². The van der Waals surface area contributed by atoms with E-state index in [1.807, 2.05) is 11.4 Å². The molecule has 2 heteroatoms. The van der Waals surface area contributed by atoms with Gasteiger partial charge in [0.1, 0.15) is 0 Å². The molecular weight excluding hydrogens is 156 g/mol. The Morgan fingerprint density at radius 2 is 2.36 bits per heavy atom. The van der Waals surface area contributed by atoms with E-state index in [9.17, 15) is 5.11 Å². The van der Waals surface area contributed by atoms with Crippen LogP contribution in [-0.2, 0) is 0 Å². The summed E-state index contributed by atoms with van der Waals surface area (Å²) in [5, 5.41) is 11.6. The Bertz CT molecular complexity index is 217. The molecule has 62 valence electrons. The highest BCUT2D eigenvalue weighted by atomic mass is 32.1. The molecule has 1 unspecified atom stereocenters. The zero-order chi connectivity index (χ0) is 8.27. The first-order chi connectivity index (χ1) is 5.25. The molecular formula is C9H14OS. The fourth-order valence-electron chi connectivity index (χ4n) is 1.17. The van der Waals surface area contributed by atoms with Gasteiger partial charge in [-0.1, -0.05) is 13.3 Å². The van der Waals surface area contributed by atoms with Gasteiger partial charge in [0, 0.05) is 4.88 Å². The molecule has 1 atom stereocenters. The molecule has 0 aliphatic rings. The van der Waals surface area contributed by atoms with Gasteiger partial charge in [-0.3, -0.25) is 0 Å². The first-order valence-corrected chi connectivity index (χ1v) is 4.85. The van der Waals surface area contributed by atoms with Crippen LogP contribution < -0.4 is 0 Å². The minimum atomic E-state index is -0.244. The van der Waals surface area contributed by atoms with Crippen molar-refractivity contribution < 1.29 is 5.11 Å². The third-order valence-corrected chi connectivity index (χ3v) is 2.68. The van der Waals surface area contributed by atoms with Gasteiger partial charge in [0.2, 0.25) is 0 Å². The van der Waals surface area contributed by atoms with Gasteiger partial charge in [0.15, 0.2) is 0 Å². The highest BCUT2D eigenvalue weighted by molar-refractivity contribution is 7.10. The Balaban J connectivity index is 2.67. The van der Waals surface area contributed by atoms with Gasteiger partial charge in [-0.25, -0.2) is 0 Å². The smallest absolute Gasteiger partial charge is 0.0800 e. The number of hydrogen-bond acceptors (Lipinski definition) is 2. The van der Waals surface area contributed by atoms with E-state index in [-0.39, 0.29) is 6.10 Å². The second kappa shape index (κ2) is 3.88. The lowest BCUT2D eigenvalue weighted by atomic mass is 10.1. The van der Waals surface area contributed by atoms with Crippen molar-refractivity contribution in [3.05, 3.63) is 21.9 Å². The van der Waals surface area contributed by atoms with Crippen LogP contribution in [0, 0.1) is 6.92 Å². The van der Waals surface area contributed by atoms with E-state index in [0.717, 1.165) is 18.4 Å². The predicted octanol–water partition coefficient (Wildman–Crippen LogP) is 2.89. The van der Waals surface area contributed by atoms with Crippen molar-refractivity contribution in [3.8, 4) is 0 Å². The number of thiophene rings is 1. The summed E-state index contributed by atoms with van der Waals surface area (Å²) < 4.78 is 0. The zero-order valence-electron chi connectivity index (χ0n) is 7.00. The van der Waals surface area contributed by atoms with Crippen molar-refractivity contribution in [1.29, 1.82) is 0 Å². The molecule has 1 rings (SSSR count). The largest absolute Gasteiger partial charge is 0.388 e. The molecule has 1 N–H and O–H groups in total. The van der Waals surface area contributed by atoms with Gasteiger partial charge in [0.05, 0.1) is 6.10 Å². The normalized spacial score (nSPS) is 13.4. The average molecular weight is 170 g/mol. The lowest BCUT2D eigenvalue weighted by molar-refractivity contribution is 0.166. The van der Waals surface area contributed by atoms with Gasteiger partial charge in [-0.05, 0) is 30.4 Å². The zero-order valence-corrected chi connectivity index (χ0v) is 7.82. The van der Waals surface area contributed by atoms with Gasteiger partial charge < -0.3 is 5.11 Å². The third-order valence-electron chi connectivity index (χ3n) is 1.82. The Morgan fingerprint density at radius 1 is 1.64 bits per heavy atom. The van der Waals surface area contributed by atoms with Crippen molar-refractivity contribution in [2.24, 2.45) is 0 Å². The molecule has 0 bridgehead atoms. The van der Waals surface area contributed by atoms with Gasteiger partial charge >= 0.3 is 0 Å². The van der Waals surface area contributed by atoms with E-state index >= 15 is 0 Å². The highest BCUT2D eigenvalue weighted by Crippen LogP contribution is 2.25. The van der Waals surface area contributed by atoms with Crippen LogP contribution in [0.4, 0.5) is 0 Å². The molecule has 0 spiro atoms. The summed E-state index contributed by atoms with van der Waals surface area (Å²) in [7, 11) is 0. The third kappa shape index (κ3) is 2.04. The second-order valence-corrected chi connectivity index (χ2v) is 3.86. The lowest BCUT2D eigenvalue weighted by Gasteiger charge is -2.07. The summed E-state index contributed by atoms with van der Waals surface area (Å²) >= 11 is 1.70. The van der Waals surface area contributed by atoms with Gasteiger partial charge in [0.25, 0.3) is 0 Å². The molecule has 0 amide bonds.